The summed E-state index contributed by atoms with van der Waals surface area (Å²) in [6.07, 6.45) is 1.73. The molecule has 2 aromatic carbocycles. The Labute approximate surface area is 130 Å². The van der Waals surface area contributed by atoms with Crippen LogP contribution in [0.1, 0.15) is 29.2 Å². The molecule has 1 aliphatic rings. The van der Waals surface area contributed by atoms with E-state index in [0.29, 0.717) is 6.54 Å². The van der Waals surface area contributed by atoms with E-state index in [1.165, 1.54) is 6.07 Å². The molecule has 0 fully saturated rings. The van der Waals surface area contributed by atoms with Gasteiger partial charge in [-0.25, -0.2) is 4.39 Å². The van der Waals surface area contributed by atoms with E-state index in [9.17, 15) is 4.39 Å². The van der Waals surface area contributed by atoms with Gasteiger partial charge in [0.25, 0.3) is 0 Å². The third kappa shape index (κ3) is 2.79. The summed E-state index contributed by atoms with van der Waals surface area (Å²) in [5.41, 5.74) is 3.05. The van der Waals surface area contributed by atoms with Crippen molar-refractivity contribution in [2.24, 2.45) is 0 Å². The second-order valence-corrected chi connectivity index (χ2v) is 5.47. The largest absolute Gasteiger partial charge is 0.493 e. The van der Waals surface area contributed by atoms with Crippen molar-refractivity contribution >= 4 is 0 Å². The normalized spacial score (nSPS) is 16.4. The molecular weight excluding hydrogens is 281 g/mol. The molecule has 0 amide bonds. The molecule has 1 aliphatic carbocycles. The molecule has 0 unspecified atom stereocenters. The molecule has 3 rings (SSSR count). The second-order valence-electron chi connectivity index (χ2n) is 5.47. The monoisotopic (exact) mass is 301 g/mol. The van der Waals surface area contributed by atoms with E-state index in [1.54, 1.807) is 20.3 Å². The van der Waals surface area contributed by atoms with Gasteiger partial charge < -0.3 is 14.8 Å². The fourth-order valence-electron chi connectivity index (χ4n) is 3.05. The number of halogens is 1. The van der Waals surface area contributed by atoms with Gasteiger partial charge in [0.2, 0.25) is 0 Å². The number of hydrogen-bond donors (Lipinski definition) is 1. The fraction of sp³-hybridized carbons (Fsp3) is 0.333. The van der Waals surface area contributed by atoms with Crippen molar-refractivity contribution in [3.63, 3.8) is 0 Å². The summed E-state index contributed by atoms with van der Waals surface area (Å²) in [7, 11) is 3.25. The fourth-order valence-corrected chi connectivity index (χ4v) is 3.05. The van der Waals surface area contributed by atoms with Crippen LogP contribution >= 0.6 is 0 Å². The smallest absolute Gasteiger partial charge is 0.161 e. The van der Waals surface area contributed by atoms with Gasteiger partial charge in [-0.3, -0.25) is 0 Å². The van der Waals surface area contributed by atoms with E-state index in [4.69, 9.17) is 9.47 Å². The number of fused-ring (bicyclic) bond motifs is 1. The summed E-state index contributed by atoms with van der Waals surface area (Å²) < 4.78 is 24.3. The summed E-state index contributed by atoms with van der Waals surface area (Å²) in [4.78, 5) is 0. The molecule has 0 saturated carbocycles. The van der Waals surface area contributed by atoms with Crippen LogP contribution in [-0.2, 0) is 13.0 Å². The summed E-state index contributed by atoms with van der Waals surface area (Å²) >= 11 is 0. The number of nitrogens with one attached hydrogen (secondary N) is 1. The van der Waals surface area contributed by atoms with Crippen molar-refractivity contribution in [1.82, 2.24) is 5.32 Å². The van der Waals surface area contributed by atoms with Crippen molar-refractivity contribution in [3.8, 4) is 11.5 Å². The molecule has 1 atom stereocenters. The second kappa shape index (κ2) is 6.36. The van der Waals surface area contributed by atoms with Gasteiger partial charge in [-0.15, -0.1) is 0 Å². The lowest BCUT2D eigenvalue weighted by Crippen LogP contribution is -2.18. The number of rotatable bonds is 5. The van der Waals surface area contributed by atoms with Crippen molar-refractivity contribution in [2.45, 2.75) is 25.4 Å². The third-order valence-corrected chi connectivity index (χ3v) is 4.21. The summed E-state index contributed by atoms with van der Waals surface area (Å²) in [5, 5.41) is 3.51. The molecule has 0 bridgehead atoms. The van der Waals surface area contributed by atoms with E-state index >= 15 is 0 Å². The Hall–Kier alpha value is -2.07. The first-order valence-corrected chi connectivity index (χ1v) is 7.44. The van der Waals surface area contributed by atoms with Gasteiger partial charge in [-0.2, -0.15) is 0 Å². The molecule has 2 aromatic rings. The van der Waals surface area contributed by atoms with Gasteiger partial charge in [-0.1, -0.05) is 18.2 Å². The van der Waals surface area contributed by atoms with E-state index in [-0.39, 0.29) is 11.9 Å². The summed E-state index contributed by atoms with van der Waals surface area (Å²) in [6, 6.07) is 11.4. The molecule has 4 heteroatoms. The lowest BCUT2D eigenvalue weighted by molar-refractivity contribution is 0.354. The average Bonchev–Trinajstić information content (AvgIpc) is 2.97. The molecule has 0 saturated heterocycles. The zero-order chi connectivity index (χ0) is 15.5. The number of hydrogen-bond acceptors (Lipinski definition) is 3. The molecule has 0 aromatic heterocycles. The number of benzene rings is 2. The number of methoxy groups -OCH3 is 2. The van der Waals surface area contributed by atoms with Crippen LogP contribution in [0.2, 0.25) is 0 Å². The van der Waals surface area contributed by atoms with Crippen LogP contribution in [-0.4, -0.2) is 14.2 Å². The first-order chi connectivity index (χ1) is 10.7. The predicted octanol–water partition coefficient (Wildman–Crippen LogP) is 3.62. The maximum Gasteiger partial charge on any atom is 0.161 e. The molecule has 1 N–H and O–H groups in total. The van der Waals surface area contributed by atoms with Gasteiger partial charge in [-0.05, 0) is 47.7 Å². The molecule has 0 spiro atoms. The quantitative estimate of drug-likeness (QED) is 0.915. The van der Waals surface area contributed by atoms with E-state index < -0.39 is 0 Å². The highest BCUT2D eigenvalue weighted by atomic mass is 19.1. The average molecular weight is 301 g/mol. The predicted molar refractivity (Wildman–Crippen MR) is 83.8 cm³/mol. The van der Waals surface area contributed by atoms with Crippen molar-refractivity contribution < 1.29 is 13.9 Å². The zero-order valence-corrected chi connectivity index (χ0v) is 12.9. The first-order valence-electron chi connectivity index (χ1n) is 7.44. The highest BCUT2D eigenvalue weighted by molar-refractivity contribution is 5.43. The van der Waals surface area contributed by atoms with Crippen LogP contribution in [0, 0.1) is 5.82 Å². The van der Waals surface area contributed by atoms with Crippen molar-refractivity contribution in [3.05, 3.63) is 58.9 Å². The maximum atomic E-state index is 13.8. The minimum absolute atomic E-state index is 0.0899. The SMILES string of the molecule is COc1ccc(CN[C@H]2CCc3c(F)cccc32)cc1OC. The number of ether oxygens (including phenoxy) is 2. The Kier molecular flexibility index (Phi) is 4.29. The third-order valence-electron chi connectivity index (χ3n) is 4.21. The molecule has 0 heterocycles. The Morgan fingerprint density at radius 1 is 1.14 bits per heavy atom. The molecule has 0 aliphatic heterocycles. The molecule has 22 heavy (non-hydrogen) atoms. The lowest BCUT2D eigenvalue weighted by Gasteiger charge is -2.15. The van der Waals surface area contributed by atoms with Crippen LogP contribution in [0.3, 0.4) is 0 Å². The standard InChI is InChI=1S/C18H20FNO2/c1-21-17-9-6-12(10-18(17)22-2)11-20-16-8-7-13-14(16)4-3-5-15(13)19/h3-6,9-10,16,20H,7-8,11H2,1-2H3/t16-/m0/s1. The minimum atomic E-state index is -0.0899. The van der Waals surface area contributed by atoms with Gasteiger partial charge in [0.1, 0.15) is 5.82 Å². The topological polar surface area (TPSA) is 30.5 Å². The summed E-state index contributed by atoms with van der Waals surface area (Å²) in [6.45, 7) is 0.709. The molecule has 116 valence electrons. The van der Waals surface area contributed by atoms with E-state index in [2.05, 4.69) is 5.32 Å². The highest BCUT2D eigenvalue weighted by Crippen LogP contribution is 2.33. The van der Waals surface area contributed by atoms with Crippen LogP contribution in [0.4, 0.5) is 4.39 Å². The Morgan fingerprint density at radius 3 is 2.73 bits per heavy atom. The van der Waals surface area contributed by atoms with Crippen LogP contribution < -0.4 is 14.8 Å². The van der Waals surface area contributed by atoms with Gasteiger partial charge in [0.15, 0.2) is 11.5 Å². The van der Waals surface area contributed by atoms with Gasteiger partial charge >= 0.3 is 0 Å². The van der Waals surface area contributed by atoms with Crippen LogP contribution in [0.15, 0.2) is 36.4 Å². The van der Waals surface area contributed by atoms with Gasteiger partial charge in [0.05, 0.1) is 14.2 Å². The van der Waals surface area contributed by atoms with Crippen LogP contribution in [0.5, 0.6) is 11.5 Å². The molecule has 0 radical (unpaired) electrons. The summed E-state index contributed by atoms with van der Waals surface area (Å²) in [5.74, 6) is 1.35. The highest BCUT2D eigenvalue weighted by Gasteiger charge is 2.24. The van der Waals surface area contributed by atoms with Gasteiger partial charge in [0, 0.05) is 12.6 Å². The maximum absolute atomic E-state index is 13.8. The Balaban J connectivity index is 1.71. The van der Waals surface area contributed by atoms with Crippen molar-refractivity contribution in [2.75, 3.05) is 14.2 Å². The minimum Gasteiger partial charge on any atom is -0.493 e. The Morgan fingerprint density at radius 2 is 1.95 bits per heavy atom. The zero-order valence-electron chi connectivity index (χ0n) is 12.9. The lowest BCUT2D eigenvalue weighted by atomic mass is 10.1. The van der Waals surface area contributed by atoms with E-state index in [1.807, 2.05) is 24.3 Å². The molecule has 3 nitrogen and oxygen atoms in total. The van der Waals surface area contributed by atoms with Crippen molar-refractivity contribution in [1.29, 1.82) is 0 Å². The van der Waals surface area contributed by atoms with Crippen LogP contribution in [0.25, 0.3) is 0 Å². The molecular formula is C18H20FNO2. The Bertz CT molecular complexity index is 672. The van der Waals surface area contributed by atoms with E-state index in [0.717, 1.165) is 41.0 Å². The first kappa shape index (κ1) is 14.9.